The molecule has 2 fully saturated rings. The summed E-state index contributed by atoms with van der Waals surface area (Å²) >= 11 is 0. The third-order valence-electron chi connectivity index (χ3n) is 6.30. The van der Waals surface area contributed by atoms with Crippen molar-refractivity contribution in [2.45, 2.75) is 57.2 Å². The van der Waals surface area contributed by atoms with E-state index in [1.165, 1.54) is 0 Å². The number of esters is 1. The fourth-order valence-electron chi connectivity index (χ4n) is 4.32. The first-order valence-corrected chi connectivity index (χ1v) is 11.0. The zero-order valence-corrected chi connectivity index (χ0v) is 19.3. The lowest BCUT2D eigenvalue weighted by Crippen LogP contribution is -2.55. The molecular formula is C22H39N3O5. The number of ketones is 1. The van der Waals surface area contributed by atoms with E-state index in [2.05, 4.69) is 4.90 Å². The van der Waals surface area contributed by atoms with E-state index in [1.54, 1.807) is 14.0 Å². The quantitative estimate of drug-likeness (QED) is 0.496. The van der Waals surface area contributed by atoms with E-state index in [1.807, 2.05) is 30.9 Å². The molecule has 0 radical (unpaired) electrons. The van der Waals surface area contributed by atoms with Crippen LogP contribution in [0.15, 0.2) is 0 Å². The van der Waals surface area contributed by atoms with Crippen molar-refractivity contribution in [3.8, 4) is 0 Å². The van der Waals surface area contributed by atoms with Crippen LogP contribution in [0.1, 0.15) is 45.4 Å². The molecule has 8 nitrogen and oxygen atoms in total. The van der Waals surface area contributed by atoms with Crippen molar-refractivity contribution in [3.63, 3.8) is 0 Å². The van der Waals surface area contributed by atoms with Crippen LogP contribution in [0.4, 0.5) is 0 Å². The molecule has 0 N–H and O–H groups in total. The number of rotatable bonds is 3. The molecule has 1 spiro atoms. The summed E-state index contributed by atoms with van der Waals surface area (Å²) in [5.74, 6) is -1.23. The van der Waals surface area contributed by atoms with Gasteiger partial charge in [-0.05, 0) is 53.9 Å². The SMILES string of the molecule is COC1CCCN(C)CC2(CCN(C(=O)CN(C)C)CC2)OC(=O)C(C)C(=O)CC1. The maximum Gasteiger partial charge on any atom is 0.316 e. The predicted molar refractivity (Wildman–Crippen MR) is 114 cm³/mol. The summed E-state index contributed by atoms with van der Waals surface area (Å²) in [5.41, 5.74) is -0.663. The van der Waals surface area contributed by atoms with Crippen LogP contribution in [0.2, 0.25) is 0 Å². The number of hydrogen-bond acceptors (Lipinski definition) is 7. The number of methoxy groups -OCH3 is 1. The molecule has 30 heavy (non-hydrogen) atoms. The van der Waals surface area contributed by atoms with Crippen LogP contribution in [0.3, 0.4) is 0 Å². The standard InChI is InChI=1S/C22H39N3O5/c1-17-19(26)9-8-18(29-5)7-6-12-24(4)16-22(30-21(17)28)10-13-25(14-11-22)20(27)15-23(2)3/h17-18H,6-16H2,1-5H3. The molecule has 2 rings (SSSR count). The van der Waals surface area contributed by atoms with Crippen molar-refractivity contribution >= 4 is 17.7 Å². The first-order chi connectivity index (χ1) is 14.2. The van der Waals surface area contributed by atoms with Crippen LogP contribution < -0.4 is 0 Å². The molecule has 0 bridgehead atoms. The van der Waals surface area contributed by atoms with Gasteiger partial charge in [0.1, 0.15) is 17.3 Å². The number of Topliss-reactive ketones (excluding diaryl/α,β-unsaturated/α-hetero) is 1. The Hall–Kier alpha value is -1.51. The van der Waals surface area contributed by atoms with Gasteiger partial charge in [0.05, 0.1) is 12.6 Å². The second-order valence-electron chi connectivity index (χ2n) is 9.19. The molecule has 0 aliphatic carbocycles. The Bertz CT molecular complexity index is 602. The van der Waals surface area contributed by atoms with Gasteiger partial charge in [0.2, 0.25) is 5.91 Å². The number of piperidine rings is 1. The van der Waals surface area contributed by atoms with E-state index >= 15 is 0 Å². The zero-order valence-electron chi connectivity index (χ0n) is 19.3. The van der Waals surface area contributed by atoms with Gasteiger partial charge in [0.25, 0.3) is 0 Å². The van der Waals surface area contributed by atoms with Crippen molar-refractivity contribution < 1.29 is 23.9 Å². The Morgan fingerprint density at radius 1 is 1.20 bits per heavy atom. The summed E-state index contributed by atoms with van der Waals surface area (Å²) < 4.78 is 11.5. The third-order valence-corrected chi connectivity index (χ3v) is 6.30. The Labute approximate surface area is 180 Å². The van der Waals surface area contributed by atoms with Gasteiger partial charge in [-0.1, -0.05) is 0 Å². The molecule has 2 heterocycles. The van der Waals surface area contributed by atoms with Crippen molar-refractivity contribution in [2.75, 3.05) is 61.0 Å². The molecule has 8 heteroatoms. The Kier molecular flexibility index (Phi) is 9.25. The van der Waals surface area contributed by atoms with E-state index in [-0.39, 0.29) is 17.8 Å². The van der Waals surface area contributed by atoms with E-state index in [4.69, 9.17) is 9.47 Å². The topological polar surface area (TPSA) is 79.4 Å². The average molecular weight is 426 g/mol. The third kappa shape index (κ3) is 7.03. The largest absolute Gasteiger partial charge is 0.457 e. The predicted octanol–water partition coefficient (Wildman–Crippen LogP) is 1.18. The van der Waals surface area contributed by atoms with Crippen molar-refractivity contribution in [3.05, 3.63) is 0 Å². The fraction of sp³-hybridized carbons (Fsp3) is 0.864. The summed E-state index contributed by atoms with van der Waals surface area (Å²) in [5, 5.41) is 0. The van der Waals surface area contributed by atoms with Gasteiger partial charge in [0.15, 0.2) is 0 Å². The van der Waals surface area contributed by atoms with Gasteiger partial charge in [-0.2, -0.15) is 0 Å². The van der Waals surface area contributed by atoms with E-state index in [0.29, 0.717) is 51.9 Å². The minimum absolute atomic E-state index is 0.0335. The van der Waals surface area contributed by atoms with Crippen LogP contribution in [0.25, 0.3) is 0 Å². The highest BCUT2D eigenvalue weighted by Crippen LogP contribution is 2.30. The van der Waals surface area contributed by atoms with E-state index in [9.17, 15) is 14.4 Å². The van der Waals surface area contributed by atoms with Crippen molar-refractivity contribution in [1.82, 2.24) is 14.7 Å². The first-order valence-electron chi connectivity index (χ1n) is 11.0. The number of nitrogens with zero attached hydrogens (tertiary/aromatic N) is 3. The minimum Gasteiger partial charge on any atom is -0.457 e. The molecule has 1 amide bonds. The highest BCUT2D eigenvalue weighted by molar-refractivity contribution is 5.98. The number of likely N-dealkylation sites (tertiary alicyclic amines) is 1. The molecule has 2 unspecified atom stereocenters. The van der Waals surface area contributed by atoms with Gasteiger partial charge in [-0.25, -0.2) is 0 Å². The molecule has 2 atom stereocenters. The molecule has 0 saturated carbocycles. The number of likely N-dealkylation sites (N-methyl/N-ethyl adjacent to an activating group) is 2. The lowest BCUT2D eigenvalue weighted by molar-refractivity contribution is -0.173. The Morgan fingerprint density at radius 3 is 2.47 bits per heavy atom. The lowest BCUT2D eigenvalue weighted by Gasteiger charge is -2.43. The van der Waals surface area contributed by atoms with Crippen LogP contribution in [-0.2, 0) is 23.9 Å². The second kappa shape index (κ2) is 11.2. The van der Waals surface area contributed by atoms with E-state index in [0.717, 1.165) is 19.4 Å². The highest BCUT2D eigenvalue weighted by atomic mass is 16.6. The number of ether oxygens (including phenoxy) is 2. The minimum atomic E-state index is -0.779. The lowest BCUT2D eigenvalue weighted by atomic mass is 9.89. The summed E-state index contributed by atoms with van der Waals surface area (Å²) in [6, 6.07) is 0. The van der Waals surface area contributed by atoms with Gasteiger partial charge in [-0.3, -0.25) is 14.4 Å². The summed E-state index contributed by atoms with van der Waals surface area (Å²) in [4.78, 5) is 43.7. The molecule has 0 aromatic heterocycles. The molecule has 0 aromatic rings. The Morgan fingerprint density at radius 2 is 1.87 bits per heavy atom. The van der Waals surface area contributed by atoms with E-state index < -0.39 is 17.5 Å². The fourth-order valence-corrected chi connectivity index (χ4v) is 4.32. The normalized spacial score (nSPS) is 27.3. The smallest absolute Gasteiger partial charge is 0.316 e. The average Bonchev–Trinajstić information content (AvgIpc) is 2.69. The van der Waals surface area contributed by atoms with Crippen LogP contribution in [0.5, 0.6) is 0 Å². The number of carbonyl (C=O) groups is 3. The monoisotopic (exact) mass is 425 g/mol. The number of hydrogen-bond donors (Lipinski definition) is 0. The highest BCUT2D eigenvalue weighted by Gasteiger charge is 2.42. The number of carbonyl (C=O) groups excluding carboxylic acids is 3. The van der Waals surface area contributed by atoms with Gasteiger partial charge < -0.3 is 24.2 Å². The molecular weight excluding hydrogens is 386 g/mol. The Balaban J connectivity index is 2.12. The van der Waals surface area contributed by atoms with Gasteiger partial charge in [-0.15, -0.1) is 0 Å². The summed E-state index contributed by atoms with van der Waals surface area (Å²) in [6.45, 7) is 4.60. The maximum atomic E-state index is 12.8. The van der Waals surface area contributed by atoms with Crippen LogP contribution in [-0.4, -0.2) is 105 Å². The molecule has 2 saturated heterocycles. The second-order valence-corrected chi connectivity index (χ2v) is 9.19. The zero-order chi connectivity index (χ0) is 22.3. The number of amides is 1. The first kappa shape index (κ1) is 24.8. The summed E-state index contributed by atoms with van der Waals surface area (Å²) in [6.07, 6.45) is 4.00. The molecule has 172 valence electrons. The van der Waals surface area contributed by atoms with Crippen molar-refractivity contribution in [2.24, 2.45) is 5.92 Å². The van der Waals surface area contributed by atoms with Gasteiger partial charge in [0, 0.05) is 46.0 Å². The summed E-state index contributed by atoms with van der Waals surface area (Å²) in [7, 11) is 7.47. The molecule has 2 aliphatic heterocycles. The van der Waals surface area contributed by atoms with Crippen LogP contribution in [0, 0.1) is 5.92 Å². The van der Waals surface area contributed by atoms with Crippen LogP contribution >= 0.6 is 0 Å². The maximum absolute atomic E-state index is 12.8. The molecule has 2 aliphatic rings. The van der Waals surface area contributed by atoms with Gasteiger partial charge >= 0.3 is 5.97 Å². The van der Waals surface area contributed by atoms with Crippen molar-refractivity contribution in [1.29, 1.82) is 0 Å². The molecule has 0 aromatic carbocycles.